The van der Waals surface area contributed by atoms with Gasteiger partial charge in [-0.15, -0.1) is 0 Å². The van der Waals surface area contributed by atoms with Crippen LogP contribution in [0.2, 0.25) is 0 Å². The predicted molar refractivity (Wildman–Crippen MR) is 149 cm³/mol. The van der Waals surface area contributed by atoms with Crippen LogP contribution in [0, 0.1) is 5.92 Å². The smallest absolute Gasteiger partial charge is 0.458 e. The molecule has 0 amide bonds. The molecule has 0 bridgehead atoms. The van der Waals surface area contributed by atoms with E-state index >= 15 is 0 Å². The molecule has 12 nitrogen and oxygen atoms in total. The molecule has 0 saturated heterocycles. The van der Waals surface area contributed by atoms with Gasteiger partial charge in [0.2, 0.25) is 0 Å². The van der Waals surface area contributed by atoms with Gasteiger partial charge in [-0.25, -0.2) is 14.4 Å². The van der Waals surface area contributed by atoms with E-state index in [1.165, 1.54) is 18.2 Å². The Morgan fingerprint density at radius 3 is 1.63 bits per heavy atom. The molecular weight excluding hydrogens is 538 g/mol. The molecule has 4 atom stereocenters. The number of esters is 1. The molecule has 12 heteroatoms. The molecule has 0 aliphatic carbocycles. The van der Waals surface area contributed by atoms with Crippen molar-refractivity contribution in [3.05, 3.63) is 23.8 Å². The zero-order valence-electron chi connectivity index (χ0n) is 25.9. The Bertz CT molecular complexity index is 1060. The maximum atomic E-state index is 12.7. The zero-order valence-corrected chi connectivity index (χ0v) is 25.9. The highest BCUT2D eigenvalue weighted by Gasteiger charge is 2.27. The summed E-state index contributed by atoms with van der Waals surface area (Å²) in [5.41, 5.74) is 4.89. The Morgan fingerprint density at radius 2 is 1.15 bits per heavy atom. The van der Waals surface area contributed by atoms with Gasteiger partial charge in [-0.05, 0) is 92.3 Å². The second kappa shape index (κ2) is 14.9. The van der Waals surface area contributed by atoms with Gasteiger partial charge in [-0.1, -0.05) is 19.9 Å². The first-order chi connectivity index (χ1) is 18.7. The van der Waals surface area contributed by atoms with Gasteiger partial charge in [0, 0.05) is 0 Å². The lowest BCUT2D eigenvalue weighted by Gasteiger charge is -2.23. The summed E-state index contributed by atoms with van der Waals surface area (Å²) in [4.78, 5) is 49.2. The number of ether oxygens (including phenoxy) is 7. The third-order valence-electron chi connectivity index (χ3n) is 5.40. The van der Waals surface area contributed by atoms with E-state index in [0.717, 1.165) is 0 Å². The van der Waals surface area contributed by atoms with E-state index in [2.05, 4.69) is 0 Å². The molecule has 1 unspecified atom stereocenters. The number of hydrogen-bond donors (Lipinski definition) is 1. The maximum Gasteiger partial charge on any atom is 0.514 e. The molecule has 41 heavy (non-hydrogen) atoms. The molecule has 1 rings (SSSR count). The van der Waals surface area contributed by atoms with Gasteiger partial charge in [0.25, 0.3) is 0 Å². The van der Waals surface area contributed by atoms with Crippen molar-refractivity contribution in [2.75, 3.05) is 0 Å². The van der Waals surface area contributed by atoms with Crippen molar-refractivity contribution in [1.82, 2.24) is 0 Å². The van der Waals surface area contributed by atoms with Crippen molar-refractivity contribution in [3.63, 3.8) is 0 Å². The zero-order chi connectivity index (χ0) is 31.7. The lowest BCUT2D eigenvalue weighted by atomic mass is 10.1. The first-order valence-electron chi connectivity index (χ1n) is 13.4. The van der Waals surface area contributed by atoms with Crippen LogP contribution in [0.1, 0.15) is 81.7 Å². The monoisotopic (exact) mass is 583 g/mol. The summed E-state index contributed by atoms with van der Waals surface area (Å²) < 4.78 is 36.7. The molecule has 0 fully saturated rings. The summed E-state index contributed by atoms with van der Waals surface area (Å²) in [7, 11) is 0. The summed E-state index contributed by atoms with van der Waals surface area (Å²) >= 11 is 0. The van der Waals surface area contributed by atoms with Gasteiger partial charge < -0.3 is 38.9 Å². The van der Waals surface area contributed by atoms with Gasteiger partial charge in [-0.2, -0.15) is 0 Å². The van der Waals surface area contributed by atoms with Gasteiger partial charge in [-0.3, -0.25) is 4.79 Å². The number of hydrogen-bond acceptors (Lipinski definition) is 12. The van der Waals surface area contributed by atoms with Crippen LogP contribution in [0.5, 0.6) is 11.5 Å². The molecule has 0 heterocycles. The van der Waals surface area contributed by atoms with Crippen LogP contribution >= 0.6 is 0 Å². The number of carbonyl (C=O) groups excluding carboxylic acids is 4. The van der Waals surface area contributed by atoms with Crippen LogP contribution in [-0.4, -0.2) is 60.0 Å². The summed E-state index contributed by atoms with van der Waals surface area (Å²) in [6.07, 6.45) is -4.87. The van der Waals surface area contributed by atoms with E-state index in [4.69, 9.17) is 38.9 Å². The van der Waals surface area contributed by atoms with Crippen molar-refractivity contribution >= 4 is 24.4 Å². The average molecular weight is 584 g/mol. The quantitative estimate of drug-likeness (QED) is 0.204. The molecule has 0 aliphatic rings. The van der Waals surface area contributed by atoms with E-state index in [0.29, 0.717) is 5.56 Å². The highest BCUT2D eigenvalue weighted by atomic mass is 16.8. The third-order valence-corrected chi connectivity index (χ3v) is 5.40. The van der Waals surface area contributed by atoms with Gasteiger partial charge in [0.15, 0.2) is 11.5 Å². The van der Waals surface area contributed by atoms with Crippen molar-refractivity contribution < 1.29 is 52.3 Å². The van der Waals surface area contributed by atoms with Crippen LogP contribution in [-0.2, 0) is 34.9 Å². The second-order valence-corrected chi connectivity index (χ2v) is 12.0. The molecule has 0 saturated carbocycles. The van der Waals surface area contributed by atoms with E-state index in [-0.39, 0.29) is 29.9 Å². The minimum Gasteiger partial charge on any atom is -0.458 e. The molecule has 1 aromatic rings. The van der Waals surface area contributed by atoms with E-state index in [1.807, 2.05) is 13.8 Å². The molecule has 0 radical (unpaired) electrons. The Morgan fingerprint density at radius 1 is 0.683 bits per heavy atom. The topological polar surface area (TPSA) is 159 Å². The van der Waals surface area contributed by atoms with Crippen LogP contribution in [0.15, 0.2) is 18.2 Å². The highest BCUT2D eigenvalue weighted by Crippen LogP contribution is 2.31. The Kier molecular flexibility index (Phi) is 12.9. The largest absolute Gasteiger partial charge is 0.514 e. The fraction of sp³-hybridized carbons (Fsp3) is 0.655. The summed E-state index contributed by atoms with van der Waals surface area (Å²) in [6.45, 7) is 18.7. The molecular formula is C29H45NO11. The highest BCUT2D eigenvalue weighted by molar-refractivity contribution is 5.76. The normalized spacial score (nSPS) is 14.7. The van der Waals surface area contributed by atoms with E-state index in [9.17, 15) is 19.2 Å². The molecule has 0 aliphatic heterocycles. The SMILES string of the molecule is CC(C)C(C)OC(=O)O[C@@H](C)[C@H](C)OC(=O)[C@@H](N)Cc1ccc(OC(=O)OC(C)(C)C)c(OC(=O)OC(C)(C)C)c1. The van der Waals surface area contributed by atoms with E-state index < -0.39 is 53.9 Å². The molecule has 0 spiro atoms. The maximum absolute atomic E-state index is 12.7. The van der Waals surface area contributed by atoms with Crippen LogP contribution in [0.25, 0.3) is 0 Å². The lowest BCUT2D eigenvalue weighted by molar-refractivity contribution is -0.155. The summed E-state index contributed by atoms with van der Waals surface area (Å²) in [5.74, 6) is -0.893. The Hall–Kier alpha value is -3.54. The van der Waals surface area contributed by atoms with E-state index in [1.54, 1.807) is 62.3 Å². The molecule has 2 N–H and O–H groups in total. The predicted octanol–water partition coefficient (Wildman–Crippen LogP) is 5.70. The fourth-order valence-corrected chi connectivity index (χ4v) is 2.83. The van der Waals surface area contributed by atoms with Gasteiger partial charge in [0.05, 0.1) is 0 Å². The number of benzene rings is 1. The van der Waals surface area contributed by atoms with Crippen molar-refractivity contribution in [3.8, 4) is 11.5 Å². The number of nitrogens with two attached hydrogens (primary N) is 1. The van der Waals surface area contributed by atoms with Crippen molar-refractivity contribution in [1.29, 1.82) is 0 Å². The first-order valence-corrected chi connectivity index (χ1v) is 13.4. The standard InChI is InChI=1S/C29H45NO11/c1-16(2)17(3)36-25(32)37-19(5)18(4)35-24(31)21(30)14-20-12-13-22(38-26(33)40-28(6,7)8)23(15-20)39-27(34)41-29(9,10)11/h12-13,15-19,21H,14,30H2,1-11H3/t17?,18-,19-,21-/m0/s1. The minimum absolute atomic E-state index is 0.0217. The second-order valence-electron chi connectivity index (χ2n) is 12.0. The van der Waals surface area contributed by atoms with Gasteiger partial charge >= 0.3 is 24.4 Å². The number of carbonyl (C=O) groups is 4. The third kappa shape index (κ3) is 14.1. The Balaban J connectivity index is 2.95. The first kappa shape index (κ1) is 35.5. The number of rotatable bonds is 10. The average Bonchev–Trinajstić information content (AvgIpc) is 2.77. The van der Waals surface area contributed by atoms with Crippen molar-refractivity contribution in [2.45, 2.75) is 118 Å². The van der Waals surface area contributed by atoms with Gasteiger partial charge in [0.1, 0.15) is 35.6 Å². The summed E-state index contributed by atoms with van der Waals surface area (Å²) in [5, 5.41) is 0. The van der Waals surface area contributed by atoms with Crippen LogP contribution < -0.4 is 15.2 Å². The minimum atomic E-state index is -1.12. The Labute approximate surface area is 242 Å². The van der Waals surface area contributed by atoms with Crippen LogP contribution in [0.4, 0.5) is 14.4 Å². The van der Waals surface area contributed by atoms with Crippen molar-refractivity contribution in [2.24, 2.45) is 11.7 Å². The lowest BCUT2D eigenvalue weighted by Crippen LogP contribution is -2.39. The molecule has 0 aromatic heterocycles. The fourth-order valence-electron chi connectivity index (χ4n) is 2.83. The summed E-state index contributed by atoms with van der Waals surface area (Å²) in [6, 6.07) is 3.18. The molecule has 232 valence electrons. The van der Waals surface area contributed by atoms with Crippen LogP contribution in [0.3, 0.4) is 0 Å². The molecule has 1 aromatic carbocycles.